The number of benzene rings is 1. The summed E-state index contributed by atoms with van der Waals surface area (Å²) in [6, 6.07) is 8.16. The highest BCUT2D eigenvalue weighted by Crippen LogP contribution is 2.29. The molecule has 0 saturated carbocycles. The van der Waals surface area contributed by atoms with Gasteiger partial charge < -0.3 is 10.5 Å². The van der Waals surface area contributed by atoms with Crippen LogP contribution in [-0.4, -0.2) is 28.2 Å². The van der Waals surface area contributed by atoms with Gasteiger partial charge in [-0.05, 0) is 0 Å². The van der Waals surface area contributed by atoms with Crippen LogP contribution in [0.5, 0.6) is 0 Å². The van der Waals surface area contributed by atoms with Crippen molar-refractivity contribution in [3.8, 4) is 0 Å². The van der Waals surface area contributed by atoms with Gasteiger partial charge in [0.1, 0.15) is 0 Å². The van der Waals surface area contributed by atoms with Crippen molar-refractivity contribution in [1.29, 1.82) is 0 Å². The van der Waals surface area contributed by atoms with Crippen LogP contribution in [0.4, 0.5) is 0 Å². The Labute approximate surface area is 138 Å². The second-order valence-corrected chi connectivity index (χ2v) is 7.06. The van der Waals surface area contributed by atoms with E-state index in [0.717, 1.165) is 0 Å². The second-order valence-electron chi connectivity index (χ2n) is 4.54. The van der Waals surface area contributed by atoms with E-state index in [1.54, 1.807) is 24.3 Å². The van der Waals surface area contributed by atoms with Gasteiger partial charge in [-0.25, -0.2) is 0 Å². The summed E-state index contributed by atoms with van der Waals surface area (Å²) in [7, 11) is 0. The first kappa shape index (κ1) is 18.2. The van der Waals surface area contributed by atoms with Crippen LogP contribution in [0.3, 0.4) is 0 Å². The number of alkyl halides is 3. The molecule has 0 heterocycles. The molecule has 4 nitrogen and oxygen atoms in total. The molecule has 1 rings (SSSR count). The first-order valence-corrected chi connectivity index (χ1v) is 7.47. The molecule has 0 aliphatic carbocycles. The topological polar surface area (TPSA) is 69.4 Å². The molecule has 1 unspecified atom stereocenters. The van der Waals surface area contributed by atoms with E-state index in [9.17, 15) is 9.59 Å². The van der Waals surface area contributed by atoms with Crippen LogP contribution in [0.15, 0.2) is 30.3 Å². The van der Waals surface area contributed by atoms with E-state index in [1.165, 1.54) is 0 Å². The number of ketones is 1. The van der Waals surface area contributed by atoms with E-state index in [1.807, 2.05) is 6.07 Å². The second kappa shape index (κ2) is 8.59. The molecule has 116 valence electrons. The molecule has 0 fully saturated rings. The van der Waals surface area contributed by atoms with E-state index in [-0.39, 0.29) is 31.7 Å². The molecule has 21 heavy (non-hydrogen) atoms. The molecule has 0 saturated heterocycles. The van der Waals surface area contributed by atoms with Crippen molar-refractivity contribution in [2.45, 2.75) is 29.1 Å². The molecule has 0 aliphatic rings. The number of rotatable bonds is 7. The summed E-state index contributed by atoms with van der Waals surface area (Å²) >= 11 is 16.6. The van der Waals surface area contributed by atoms with Gasteiger partial charge >= 0.3 is 5.97 Å². The fourth-order valence-electron chi connectivity index (χ4n) is 1.61. The molecule has 0 spiro atoms. The van der Waals surface area contributed by atoms with Crippen molar-refractivity contribution in [3.63, 3.8) is 0 Å². The monoisotopic (exact) mass is 351 g/mol. The predicted octanol–water partition coefficient (Wildman–Crippen LogP) is 3.28. The minimum absolute atomic E-state index is 0.00527. The molecule has 1 atom stereocenters. The molecule has 0 radical (unpaired) electrons. The largest absolute Gasteiger partial charge is 0.465 e. The van der Waals surface area contributed by atoms with Gasteiger partial charge in [-0.3, -0.25) is 9.59 Å². The Morgan fingerprint density at radius 2 is 1.76 bits per heavy atom. The number of nitrogens with two attached hydrogens (primary N) is 1. The number of carbonyl (C=O) groups excluding carboxylic acids is 2. The number of halogens is 3. The van der Waals surface area contributed by atoms with E-state index in [2.05, 4.69) is 0 Å². The molecule has 7 heteroatoms. The molecule has 0 aliphatic heterocycles. The highest BCUT2D eigenvalue weighted by Gasteiger charge is 2.21. The number of esters is 1. The molecular weight excluding hydrogens is 337 g/mol. The Kier molecular flexibility index (Phi) is 7.46. The van der Waals surface area contributed by atoms with Gasteiger partial charge in [-0.2, -0.15) is 0 Å². The third kappa shape index (κ3) is 8.27. The summed E-state index contributed by atoms with van der Waals surface area (Å²) in [5.74, 6) is -0.630. The van der Waals surface area contributed by atoms with E-state index in [4.69, 9.17) is 45.3 Å². The molecule has 2 N–H and O–H groups in total. The van der Waals surface area contributed by atoms with Gasteiger partial charge in [0.2, 0.25) is 0 Å². The highest BCUT2D eigenvalue weighted by molar-refractivity contribution is 6.67. The lowest BCUT2D eigenvalue weighted by molar-refractivity contribution is -0.144. The fraction of sp³-hybridized carbons (Fsp3) is 0.429. The molecule has 0 bridgehead atoms. The van der Waals surface area contributed by atoms with Gasteiger partial charge in [0.15, 0.2) is 9.58 Å². The lowest BCUT2D eigenvalue weighted by atomic mass is 10.0. The average molecular weight is 353 g/mol. The zero-order valence-electron chi connectivity index (χ0n) is 11.2. The van der Waals surface area contributed by atoms with Crippen LogP contribution in [0.1, 0.15) is 29.6 Å². The van der Waals surface area contributed by atoms with Crippen LogP contribution in [0.2, 0.25) is 0 Å². The summed E-state index contributed by atoms with van der Waals surface area (Å²) < 4.78 is 3.44. The lowest BCUT2D eigenvalue weighted by Gasteiger charge is -2.13. The minimum atomic E-state index is -1.45. The van der Waals surface area contributed by atoms with Gasteiger partial charge in [-0.15, -0.1) is 0 Å². The number of ether oxygens (including phenoxy) is 1. The first-order valence-electron chi connectivity index (χ1n) is 6.34. The quantitative estimate of drug-likeness (QED) is 0.464. The van der Waals surface area contributed by atoms with E-state index >= 15 is 0 Å². The normalized spacial score (nSPS) is 12.8. The first-order chi connectivity index (χ1) is 9.78. The Hall–Kier alpha value is -0.810. The molecule has 1 aromatic rings. The van der Waals surface area contributed by atoms with Gasteiger partial charge in [0, 0.05) is 24.4 Å². The maximum Gasteiger partial charge on any atom is 0.307 e. The zero-order chi connectivity index (χ0) is 15.9. The maximum atomic E-state index is 11.9. The van der Waals surface area contributed by atoms with E-state index < -0.39 is 15.8 Å². The molecule has 0 amide bonds. The SMILES string of the molecule is NC(CC(=O)OCCC(Cl)(Cl)Cl)CC(=O)c1ccccc1. The summed E-state index contributed by atoms with van der Waals surface area (Å²) in [5.41, 5.74) is 6.34. The van der Waals surface area contributed by atoms with Gasteiger partial charge in [0.25, 0.3) is 0 Å². The Balaban J connectivity index is 2.31. The molecule has 0 aromatic heterocycles. The third-order valence-corrected chi connectivity index (χ3v) is 3.19. The standard InChI is InChI=1S/C14H16Cl3NO3/c15-14(16,17)6-7-21-13(20)9-11(18)8-12(19)10-4-2-1-3-5-10/h1-5,11H,6-9,18H2. The fourth-order valence-corrected chi connectivity index (χ4v) is 1.84. The highest BCUT2D eigenvalue weighted by atomic mass is 35.6. The Morgan fingerprint density at radius 3 is 2.33 bits per heavy atom. The van der Waals surface area contributed by atoms with Crippen molar-refractivity contribution in [2.75, 3.05) is 6.61 Å². The average Bonchev–Trinajstić information content (AvgIpc) is 2.37. The van der Waals surface area contributed by atoms with Crippen molar-refractivity contribution in [2.24, 2.45) is 5.73 Å². The Bertz CT molecular complexity index is 474. The number of Topliss-reactive ketones (excluding diaryl/α,β-unsaturated/α-hetero) is 1. The smallest absolute Gasteiger partial charge is 0.307 e. The zero-order valence-corrected chi connectivity index (χ0v) is 13.5. The van der Waals surface area contributed by atoms with Crippen molar-refractivity contribution >= 4 is 46.6 Å². The van der Waals surface area contributed by atoms with Crippen molar-refractivity contribution < 1.29 is 14.3 Å². The third-order valence-electron chi connectivity index (χ3n) is 2.62. The number of hydrogen-bond acceptors (Lipinski definition) is 4. The lowest BCUT2D eigenvalue weighted by Crippen LogP contribution is -2.28. The summed E-state index contributed by atoms with van der Waals surface area (Å²) in [5, 5.41) is 0. The maximum absolute atomic E-state index is 11.9. The minimum Gasteiger partial charge on any atom is -0.465 e. The van der Waals surface area contributed by atoms with Crippen LogP contribution < -0.4 is 5.73 Å². The van der Waals surface area contributed by atoms with Crippen LogP contribution in [-0.2, 0) is 9.53 Å². The number of hydrogen-bond donors (Lipinski definition) is 1. The van der Waals surface area contributed by atoms with Gasteiger partial charge in [-0.1, -0.05) is 65.1 Å². The van der Waals surface area contributed by atoms with Crippen LogP contribution in [0, 0.1) is 0 Å². The van der Waals surface area contributed by atoms with Crippen molar-refractivity contribution in [3.05, 3.63) is 35.9 Å². The Morgan fingerprint density at radius 1 is 1.14 bits per heavy atom. The van der Waals surface area contributed by atoms with Crippen LogP contribution >= 0.6 is 34.8 Å². The number of carbonyl (C=O) groups is 2. The van der Waals surface area contributed by atoms with E-state index in [0.29, 0.717) is 5.56 Å². The van der Waals surface area contributed by atoms with Crippen LogP contribution in [0.25, 0.3) is 0 Å². The summed E-state index contributed by atoms with van der Waals surface area (Å²) in [6.45, 7) is -0.00527. The van der Waals surface area contributed by atoms with Crippen molar-refractivity contribution in [1.82, 2.24) is 0 Å². The molecular formula is C14H16Cl3NO3. The predicted molar refractivity (Wildman–Crippen MR) is 83.8 cm³/mol. The molecule has 1 aromatic carbocycles. The summed E-state index contributed by atoms with van der Waals surface area (Å²) in [4.78, 5) is 23.4. The summed E-state index contributed by atoms with van der Waals surface area (Å²) in [6.07, 6.45) is 0.115. The van der Waals surface area contributed by atoms with Gasteiger partial charge in [0.05, 0.1) is 13.0 Å².